The van der Waals surface area contributed by atoms with Gasteiger partial charge in [-0.3, -0.25) is 0 Å². The molecule has 0 aliphatic carbocycles. The van der Waals surface area contributed by atoms with Crippen LogP contribution in [0.25, 0.3) is 21.5 Å². The maximum atomic E-state index is 11.2. The number of aromatic hydroxyl groups is 1. The number of aromatic carboxylic acids is 1. The van der Waals surface area contributed by atoms with Crippen molar-refractivity contribution in [2.75, 3.05) is 0 Å². The predicted octanol–water partition coefficient (Wildman–Crippen LogP) is 3.40. The molecule has 18 heavy (non-hydrogen) atoms. The minimum atomic E-state index is -1.04. The van der Waals surface area contributed by atoms with E-state index in [-0.39, 0.29) is 11.3 Å². The fourth-order valence-electron chi connectivity index (χ4n) is 2.32. The summed E-state index contributed by atoms with van der Waals surface area (Å²) in [7, 11) is 0. The highest BCUT2D eigenvalue weighted by Gasteiger charge is 2.13. The third-order valence-electron chi connectivity index (χ3n) is 3.09. The summed E-state index contributed by atoms with van der Waals surface area (Å²) in [6.45, 7) is 0. The normalized spacial score (nSPS) is 10.9. The molecular formula is C15H10O3. The summed E-state index contributed by atoms with van der Waals surface area (Å²) in [5.41, 5.74) is 0.121. The summed E-state index contributed by atoms with van der Waals surface area (Å²) in [5, 5.41) is 22.2. The van der Waals surface area contributed by atoms with Gasteiger partial charge in [0.05, 0.1) is 5.56 Å². The van der Waals surface area contributed by atoms with Crippen molar-refractivity contribution in [3.63, 3.8) is 0 Å². The number of carbonyl (C=O) groups is 1. The third-order valence-corrected chi connectivity index (χ3v) is 3.09. The summed E-state index contributed by atoms with van der Waals surface area (Å²) >= 11 is 0. The summed E-state index contributed by atoms with van der Waals surface area (Å²) in [4.78, 5) is 11.2. The van der Waals surface area contributed by atoms with Crippen LogP contribution in [0.4, 0.5) is 0 Å². The van der Waals surface area contributed by atoms with E-state index in [0.717, 1.165) is 16.2 Å². The van der Waals surface area contributed by atoms with Crippen molar-refractivity contribution in [2.24, 2.45) is 0 Å². The van der Waals surface area contributed by atoms with Crippen LogP contribution in [-0.2, 0) is 0 Å². The summed E-state index contributed by atoms with van der Waals surface area (Å²) in [6, 6.07) is 14.2. The summed E-state index contributed by atoms with van der Waals surface area (Å²) in [6.07, 6.45) is 0. The molecule has 0 aromatic heterocycles. The van der Waals surface area contributed by atoms with E-state index >= 15 is 0 Å². The molecule has 0 amide bonds. The Hall–Kier alpha value is -2.55. The number of fused-ring (bicyclic) bond motifs is 3. The number of carboxylic acids is 1. The van der Waals surface area contributed by atoms with E-state index in [1.165, 1.54) is 6.07 Å². The second-order valence-electron chi connectivity index (χ2n) is 4.15. The molecule has 0 saturated carbocycles. The van der Waals surface area contributed by atoms with Crippen LogP contribution in [0, 0.1) is 0 Å². The lowest BCUT2D eigenvalue weighted by atomic mass is 9.97. The first kappa shape index (κ1) is 10.6. The zero-order chi connectivity index (χ0) is 12.7. The number of hydrogen-bond donors (Lipinski definition) is 2. The van der Waals surface area contributed by atoms with E-state index in [1.807, 2.05) is 30.3 Å². The maximum absolute atomic E-state index is 11.2. The van der Waals surface area contributed by atoms with E-state index in [0.29, 0.717) is 5.39 Å². The van der Waals surface area contributed by atoms with Gasteiger partial charge < -0.3 is 10.2 Å². The highest BCUT2D eigenvalue weighted by molar-refractivity contribution is 6.16. The van der Waals surface area contributed by atoms with Gasteiger partial charge in [0.25, 0.3) is 0 Å². The first-order valence-electron chi connectivity index (χ1n) is 5.55. The molecule has 88 valence electrons. The molecule has 3 heteroatoms. The van der Waals surface area contributed by atoms with Crippen LogP contribution in [0.5, 0.6) is 5.75 Å². The number of hydrogen-bond acceptors (Lipinski definition) is 2. The number of benzene rings is 3. The van der Waals surface area contributed by atoms with Gasteiger partial charge in [0, 0.05) is 5.39 Å². The average molecular weight is 238 g/mol. The summed E-state index contributed by atoms with van der Waals surface area (Å²) in [5.74, 6) is -1.03. The minimum absolute atomic E-state index is 0.00157. The Bertz CT molecular complexity index is 775. The lowest BCUT2D eigenvalue weighted by molar-refractivity contribution is 0.0699. The molecule has 0 spiro atoms. The monoisotopic (exact) mass is 238 g/mol. The molecule has 0 unspecified atom stereocenters. The third kappa shape index (κ3) is 1.41. The smallest absolute Gasteiger partial charge is 0.336 e. The van der Waals surface area contributed by atoms with Crippen LogP contribution in [0.1, 0.15) is 10.4 Å². The molecule has 3 nitrogen and oxygen atoms in total. The molecule has 0 aliphatic rings. The quantitative estimate of drug-likeness (QED) is 0.639. The summed E-state index contributed by atoms with van der Waals surface area (Å²) < 4.78 is 0. The van der Waals surface area contributed by atoms with Crippen molar-refractivity contribution in [3.05, 3.63) is 54.1 Å². The van der Waals surface area contributed by atoms with Gasteiger partial charge in [0.1, 0.15) is 5.75 Å². The van der Waals surface area contributed by atoms with Gasteiger partial charge in [0.2, 0.25) is 0 Å². The fraction of sp³-hybridized carbons (Fsp3) is 0. The SMILES string of the molecule is O=C(O)c1cccc2c1c(O)cc1ccccc12. The first-order chi connectivity index (χ1) is 8.68. The van der Waals surface area contributed by atoms with Crippen molar-refractivity contribution in [3.8, 4) is 5.75 Å². The molecule has 0 radical (unpaired) electrons. The van der Waals surface area contributed by atoms with Crippen LogP contribution >= 0.6 is 0 Å². The molecular weight excluding hydrogens is 228 g/mol. The van der Waals surface area contributed by atoms with Crippen molar-refractivity contribution in [1.29, 1.82) is 0 Å². The maximum Gasteiger partial charge on any atom is 0.336 e. The van der Waals surface area contributed by atoms with Crippen LogP contribution in [0.3, 0.4) is 0 Å². The molecule has 2 N–H and O–H groups in total. The van der Waals surface area contributed by atoms with E-state index in [4.69, 9.17) is 5.11 Å². The van der Waals surface area contributed by atoms with Gasteiger partial charge in [-0.1, -0.05) is 36.4 Å². The van der Waals surface area contributed by atoms with Crippen LogP contribution < -0.4 is 0 Å². The van der Waals surface area contributed by atoms with Crippen LogP contribution in [-0.4, -0.2) is 16.2 Å². The van der Waals surface area contributed by atoms with Gasteiger partial charge >= 0.3 is 5.97 Å². The number of carboxylic acid groups (broad SMARTS) is 1. The Kier molecular flexibility index (Phi) is 2.20. The van der Waals surface area contributed by atoms with E-state index in [9.17, 15) is 9.90 Å². The van der Waals surface area contributed by atoms with Crippen LogP contribution in [0.15, 0.2) is 48.5 Å². The highest BCUT2D eigenvalue weighted by Crippen LogP contribution is 2.34. The van der Waals surface area contributed by atoms with E-state index in [2.05, 4.69) is 0 Å². The van der Waals surface area contributed by atoms with Gasteiger partial charge in [-0.2, -0.15) is 0 Å². The Morgan fingerprint density at radius 2 is 1.67 bits per heavy atom. The molecule has 0 heterocycles. The van der Waals surface area contributed by atoms with Crippen molar-refractivity contribution < 1.29 is 15.0 Å². The molecule has 0 bridgehead atoms. The lowest BCUT2D eigenvalue weighted by Crippen LogP contribution is -1.97. The van der Waals surface area contributed by atoms with Gasteiger partial charge in [0.15, 0.2) is 0 Å². The Morgan fingerprint density at radius 1 is 0.944 bits per heavy atom. The van der Waals surface area contributed by atoms with Crippen LogP contribution in [0.2, 0.25) is 0 Å². The highest BCUT2D eigenvalue weighted by atomic mass is 16.4. The van der Waals surface area contributed by atoms with E-state index in [1.54, 1.807) is 12.1 Å². The van der Waals surface area contributed by atoms with Gasteiger partial charge in [-0.15, -0.1) is 0 Å². The average Bonchev–Trinajstić information content (AvgIpc) is 2.38. The zero-order valence-electron chi connectivity index (χ0n) is 9.42. The molecule has 3 aromatic carbocycles. The number of phenols is 1. The zero-order valence-corrected chi connectivity index (χ0v) is 9.42. The Morgan fingerprint density at radius 3 is 2.44 bits per heavy atom. The van der Waals surface area contributed by atoms with Gasteiger partial charge in [-0.05, 0) is 28.3 Å². The topological polar surface area (TPSA) is 57.5 Å². The molecule has 3 rings (SSSR count). The Balaban J connectivity index is 2.59. The minimum Gasteiger partial charge on any atom is -0.507 e. The molecule has 0 fully saturated rings. The molecule has 0 saturated heterocycles. The second-order valence-corrected chi connectivity index (χ2v) is 4.15. The van der Waals surface area contributed by atoms with E-state index < -0.39 is 5.97 Å². The Labute approximate surface area is 103 Å². The molecule has 3 aromatic rings. The van der Waals surface area contributed by atoms with Crippen molar-refractivity contribution in [1.82, 2.24) is 0 Å². The molecule has 0 atom stereocenters. The predicted molar refractivity (Wildman–Crippen MR) is 70.1 cm³/mol. The molecule has 0 aliphatic heterocycles. The van der Waals surface area contributed by atoms with Crippen molar-refractivity contribution in [2.45, 2.75) is 0 Å². The second kappa shape index (κ2) is 3.74. The fourth-order valence-corrected chi connectivity index (χ4v) is 2.32. The number of phenolic OH excluding ortho intramolecular Hbond substituents is 1. The number of rotatable bonds is 1. The standard InChI is InChI=1S/C15H10O3/c16-13-8-9-4-1-2-5-10(9)11-6-3-7-12(14(11)13)15(17)18/h1-8,16H,(H,17,18). The largest absolute Gasteiger partial charge is 0.507 e. The van der Waals surface area contributed by atoms with Crippen molar-refractivity contribution >= 4 is 27.5 Å². The lowest BCUT2D eigenvalue weighted by Gasteiger charge is -2.08. The van der Waals surface area contributed by atoms with Gasteiger partial charge in [-0.25, -0.2) is 4.79 Å². The first-order valence-corrected chi connectivity index (χ1v) is 5.55.